The summed E-state index contributed by atoms with van der Waals surface area (Å²) in [6, 6.07) is 12.1. The molecule has 0 saturated heterocycles. The lowest BCUT2D eigenvalue weighted by atomic mass is 10.2. The molecule has 28 heavy (non-hydrogen) atoms. The van der Waals surface area contributed by atoms with E-state index in [2.05, 4.69) is 32.1 Å². The molecule has 7 nitrogen and oxygen atoms in total. The van der Waals surface area contributed by atoms with Crippen molar-refractivity contribution < 1.29 is 19.1 Å². The molecule has 0 fully saturated rings. The summed E-state index contributed by atoms with van der Waals surface area (Å²) in [5, 5.41) is 2.78. The van der Waals surface area contributed by atoms with Crippen LogP contribution in [0.5, 0.6) is 5.75 Å². The Morgan fingerprint density at radius 3 is 2.82 bits per heavy atom. The zero-order chi connectivity index (χ0) is 20.1. The molecule has 9 heteroatoms. The number of carbonyl (C=O) groups is 3. The van der Waals surface area contributed by atoms with Gasteiger partial charge in [-0.15, -0.1) is 11.8 Å². The Morgan fingerprint density at radius 2 is 2.04 bits per heavy atom. The van der Waals surface area contributed by atoms with Crippen LogP contribution in [0.1, 0.15) is 23.7 Å². The Kier molecular flexibility index (Phi) is 6.58. The summed E-state index contributed by atoms with van der Waals surface area (Å²) in [5.74, 6) is 0.148. The first-order chi connectivity index (χ1) is 13.4. The van der Waals surface area contributed by atoms with E-state index >= 15 is 0 Å². The Hall–Kier alpha value is -2.52. The number of rotatable bonds is 4. The molecule has 3 amide bonds. The van der Waals surface area contributed by atoms with Crippen LogP contribution in [0.4, 0.5) is 5.69 Å². The molecule has 3 N–H and O–H groups in total. The number of fused-ring (bicyclic) bond motifs is 1. The second-order valence-corrected chi connectivity index (χ2v) is 8.07. The summed E-state index contributed by atoms with van der Waals surface area (Å²) in [4.78, 5) is 37.1. The van der Waals surface area contributed by atoms with E-state index in [1.165, 1.54) is 0 Å². The number of hydrogen-bond acceptors (Lipinski definition) is 5. The van der Waals surface area contributed by atoms with Crippen LogP contribution in [0.15, 0.2) is 51.8 Å². The second-order valence-electron chi connectivity index (χ2n) is 6.02. The highest BCUT2D eigenvalue weighted by atomic mass is 79.9. The highest BCUT2D eigenvalue weighted by Gasteiger charge is 2.18. The van der Waals surface area contributed by atoms with Crippen molar-refractivity contribution in [2.24, 2.45) is 0 Å². The van der Waals surface area contributed by atoms with Gasteiger partial charge in [0.2, 0.25) is 5.91 Å². The predicted molar refractivity (Wildman–Crippen MR) is 110 cm³/mol. The van der Waals surface area contributed by atoms with Crippen LogP contribution < -0.4 is 20.9 Å². The number of thioether (sulfide) groups is 1. The van der Waals surface area contributed by atoms with Crippen molar-refractivity contribution in [1.82, 2.24) is 10.9 Å². The van der Waals surface area contributed by atoms with Gasteiger partial charge in [-0.1, -0.05) is 22.0 Å². The Balaban J connectivity index is 1.57. The number of anilines is 1. The fraction of sp³-hybridized carbons (Fsp3) is 0.211. The largest absolute Gasteiger partial charge is 0.481 e. The molecule has 1 atom stereocenters. The van der Waals surface area contributed by atoms with Gasteiger partial charge in [0.25, 0.3) is 11.8 Å². The molecular formula is C19H18BrN3O4S. The van der Waals surface area contributed by atoms with Crippen molar-refractivity contribution in [2.45, 2.75) is 24.3 Å². The number of hydrogen-bond donors (Lipinski definition) is 3. The minimum atomic E-state index is -0.808. The molecule has 146 valence electrons. The molecule has 0 saturated carbocycles. The number of nitrogens with one attached hydrogen (secondary N) is 3. The van der Waals surface area contributed by atoms with Crippen molar-refractivity contribution >= 4 is 51.1 Å². The summed E-state index contributed by atoms with van der Waals surface area (Å²) in [6.07, 6.45) is -0.385. The smallest absolute Gasteiger partial charge is 0.279 e. The topological polar surface area (TPSA) is 96.5 Å². The standard InChI is InChI=1S/C19H18BrN3O4S/c1-11(27-14-4-2-3-13(20)10-14)18(25)22-23-19(26)12-5-6-16-15(9-12)21-17(24)7-8-28-16/h2-6,9-11H,7-8H2,1H3,(H,21,24)(H,22,25)(H,23,26)/t11-/m0/s1. The van der Waals surface area contributed by atoms with E-state index in [9.17, 15) is 14.4 Å². The van der Waals surface area contributed by atoms with Crippen LogP contribution in [-0.2, 0) is 9.59 Å². The molecule has 1 aliphatic rings. The van der Waals surface area contributed by atoms with Crippen LogP contribution in [0, 0.1) is 0 Å². The molecule has 0 aliphatic carbocycles. The lowest BCUT2D eigenvalue weighted by molar-refractivity contribution is -0.128. The molecule has 2 aromatic carbocycles. The molecule has 0 unspecified atom stereocenters. The average molecular weight is 464 g/mol. The monoisotopic (exact) mass is 463 g/mol. The van der Waals surface area contributed by atoms with Crippen LogP contribution in [0.25, 0.3) is 0 Å². The van der Waals surface area contributed by atoms with E-state index in [0.29, 0.717) is 29.2 Å². The Bertz CT molecular complexity index is 922. The molecule has 0 bridgehead atoms. The highest BCUT2D eigenvalue weighted by molar-refractivity contribution is 9.10. The fourth-order valence-corrected chi connectivity index (χ4v) is 3.77. The van der Waals surface area contributed by atoms with Gasteiger partial charge in [0.15, 0.2) is 6.10 Å². The fourth-order valence-electron chi connectivity index (χ4n) is 2.45. The van der Waals surface area contributed by atoms with Crippen LogP contribution in [0.2, 0.25) is 0 Å². The normalized spacial score (nSPS) is 14.1. The molecule has 1 aliphatic heterocycles. The van der Waals surface area contributed by atoms with E-state index in [0.717, 1.165) is 9.37 Å². The van der Waals surface area contributed by atoms with Crippen LogP contribution >= 0.6 is 27.7 Å². The highest BCUT2D eigenvalue weighted by Crippen LogP contribution is 2.31. The van der Waals surface area contributed by atoms with Gasteiger partial charge in [0.05, 0.1) is 5.69 Å². The van der Waals surface area contributed by atoms with Gasteiger partial charge < -0.3 is 10.1 Å². The zero-order valence-electron chi connectivity index (χ0n) is 15.0. The third-order valence-corrected chi connectivity index (χ3v) is 5.45. The van der Waals surface area contributed by atoms with Gasteiger partial charge in [-0.2, -0.15) is 0 Å². The van der Waals surface area contributed by atoms with Gasteiger partial charge >= 0.3 is 0 Å². The minimum Gasteiger partial charge on any atom is -0.481 e. The maximum Gasteiger partial charge on any atom is 0.279 e. The number of benzene rings is 2. The van der Waals surface area contributed by atoms with Crippen LogP contribution in [-0.4, -0.2) is 29.6 Å². The molecule has 1 heterocycles. The summed E-state index contributed by atoms with van der Waals surface area (Å²) in [6.45, 7) is 1.58. The van der Waals surface area contributed by atoms with Gasteiger partial charge in [-0.05, 0) is 43.3 Å². The molecule has 3 rings (SSSR count). The number of hydrazine groups is 1. The predicted octanol–water partition coefficient (Wildman–Crippen LogP) is 3.11. The number of ether oxygens (including phenoxy) is 1. The number of amides is 3. The van der Waals surface area contributed by atoms with Crippen molar-refractivity contribution in [1.29, 1.82) is 0 Å². The average Bonchev–Trinajstić information content (AvgIpc) is 2.85. The number of halogens is 1. The van der Waals surface area contributed by atoms with E-state index in [4.69, 9.17) is 4.74 Å². The molecule has 2 aromatic rings. The van der Waals surface area contributed by atoms with Crippen LogP contribution in [0.3, 0.4) is 0 Å². The summed E-state index contributed by atoms with van der Waals surface area (Å²) >= 11 is 4.89. The molecule has 0 radical (unpaired) electrons. The number of carbonyl (C=O) groups excluding carboxylic acids is 3. The van der Waals surface area contributed by atoms with Gasteiger partial charge in [0.1, 0.15) is 5.75 Å². The maximum absolute atomic E-state index is 12.3. The first-order valence-corrected chi connectivity index (χ1v) is 10.3. The Morgan fingerprint density at radius 1 is 1.21 bits per heavy atom. The van der Waals surface area contributed by atoms with E-state index in [-0.39, 0.29) is 5.91 Å². The maximum atomic E-state index is 12.3. The lowest BCUT2D eigenvalue weighted by Crippen LogP contribution is -2.47. The third-order valence-electron chi connectivity index (χ3n) is 3.88. The van der Waals surface area contributed by atoms with Gasteiger partial charge in [-0.3, -0.25) is 25.2 Å². The van der Waals surface area contributed by atoms with Gasteiger partial charge in [-0.25, -0.2) is 0 Å². The minimum absolute atomic E-state index is 0.0874. The van der Waals surface area contributed by atoms with Gasteiger partial charge in [0, 0.05) is 27.1 Å². The van der Waals surface area contributed by atoms with Crippen molar-refractivity contribution in [2.75, 3.05) is 11.1 Å². The van der Waals surface area contributed by atoms with Crippen molar-refractivity contribution in [3.05, 3.63) is 52.5 Å². The summed E-state index contributed by atoms with van der Waals surface area (Å²) < 4.78 is 6.38. The summed E-state index contributed by atoms with van der Waals surface area (Å²) in [7, 11) is 0. The van der Waals surface area contributed by atoms with E-state index in [1.807, 2.05) is 6.07 Å². The zero-order valence-corrected chi connectivity index (χ0v) is 17.4. The molecule has 0 aromatic heterocycles. The van der Waals surface area contributed by atoms with E-state index in [1.54, 1.807) is 55.1 Å². The quantitative estimate of drug-likeness (QED) is 0.605. The summed E-state index contributed by atoms with van der Waals surface area (Å²) in [5.41, 5.74) is 5.63. The molecule has 0 spiro atoms. The first kappa shape index (κ1) is 20.2. The van der Waals surface area contributed by atoms with Crippen molar-refractivity contribution in [3.63, 3.8) is 0 Å². The Labute approximate surface area is 174 Å². The lowest BCUT2D eigenvalue weighted by Gasteiger charge is -2.15. The van der Waals surface area contributed by atoms with Crippen molar-refractivity contribution in [3.8, 4) is 5.75 Å². The van der Waals surface area contributed by atoms with E-state index < -0.39 is 17.9 Å². The first-order valence-electron chi connectivity index (χ1n) is 8.51. The third kappa shape index (κ3) is 5.26. The second kappa shape index (κ2) is 9.11. The SMILES string of the molecule is C[C@H](Oc1cccc(Br)c1)C(=O)NNC(=O)c1ccc2c(c1)NC(=O)CCS2. The molecular weight excluding hydrogens is 446 g/mol.